The van der Waals surface area contributed by atoms with Gasteiger partial charge in [0.05, 0.1) is 7.11 Å². The molecule has 0 aliphatic carbocycles. The number of amides is 1. The molecule has 3 nitrogen and oxygen atoms in total. The van der Waals surface area contributed by atoms with Crippen molar-refractivity contribution in [2.45, 2.75) is 6.92 Å². The largest absolute Gasteiger partial charge is 0.453 e. The van der Waals surface area contributed by atoms with Gasteiger partial charge >= 0.3 is 6.09 Å². The van der Waals surface area contributed by atoms with Crippen molar-refractivity contribution in [3.8, 4) is 0 Å². The standard InChI is InChI=1S/C5H9NO2/c1-3-4-6-5(7)8-2/h3-4H,1-2H3,(H,6,7). The van der Waals surface area contributed by atoms with Gasteiger partial charge in [-0.1, -0.05) is 6.08 Å². The minimum atomic E-state index is -0.442. The average Bonchev–Trinajstić information content (AvgIpc) is 1.83. The molecule has 0 atom stereocenters. The molecule has 0 bridgehead atoms. The van der Waals surface area contributed by atoms with Crippen LogP contribution in [-0.4, -0.2) is 13.2 Å². The Morgan fingerprint density at radius 1 is 1.75 bits per heavy atom. The number of carbonyl (C=O) groups is 1. The van der Waals surface area contributed by atoms with Gasteiger partial charge in [-0.2, -0.15) is 0 Å². The lowest BCUT2D eigenvalue weighted by Gasteiger charge is -1.93. The molecule has 0 rings (SSSR count). The molecule has 0 fully saturated rings. The average molecular weight is 115 g/mol. The second kappa shape index (κ2) is 4.18. The fraction of sp³-hybridized carbons (Fsp3) is 0.400. The van der Waals surface area contributed by atoms with E-state index in [1.54, 1.807) is 13.0 Å². The molecule has 0 saturated heterocycles. The van der Waals surface area contributed by atoms with Crippen LogP contribution in [0.2, 0.25) is 0 Å². The number of methoxy groups -OCH3 is 1. The highest BCUT2D eigenvalue weighted by Gasteiger charge is 1.88. The van der Waals surface area contributed by atoms with Crippen LogP contribution in [0.3, 0.4) is 0 Å². The molecular weight excluding hydrogens is 106 g/mol. The lowest BCUT2D eigenvalue weighted by molar-refractivity contribution is 0.175. The number of hydrogen-bond donors (Lipinski definition) is 1. The van der Waals surface area contributed by atoms with Crippen LogP contribution < -0.4 is 5.32 Å². The smallest absolute Gasteiger partial charge is 0.410 e. The van der Waals surface area contributed by atoms with Gasteiger partial charge in [0.25, 0.3) is 0 Å². The second-order valence-electron chi connectivity index (χ2n) is 1.14. The van der Waals surface area contributed by atoms with Crippen LogP contribution in [-0.2, 0) is 4.74 Å². The Labute approximate surface area is 48.3 Å². The zero-order valence-corrected chi connectivity index (χ0v) is 4.97. The van der Waals surface area contributed by atoms with Crippen molar-refractivity contribution in [2.24, 2.45) is 0 Å². The van der Waals surface area contributed by atoms with Gasteiger partial charge < -0.3 is 4.74 Å². The Kier molecular flexibility index (Phi) is 3.66. The van der Waals surface area contributed by atoms with Crippen LogP contribution in [0.5, 0.6) is 0 Å². The molecule has 0 radical (unpaired) electrons. The minimum Gasteiger partial charge on any atom is -0.453 e. The first-order chi connectivity index (χ1) is 3.81. The first-order valence-corrected chi connectivity index (χ1v) is 2.27. The fourth-order valence-corrected chi connectivity index (χ4v) is 0.210. The monoisotopic (exact) mass is 115 g/mol. The number of alkyl carbamates (subject to hydrolysis) is 1. The van der Waals surface area contributed by atoms with E-state index in [0.717, 1.165) is 0 Å². The Hall–Kier alpha value is -0.990. The van der Waals surface area contributed by atoms with Gasteiger partial charge in [-0.3, -0.25) is 5.32 Å². The molecule has 0 heterocycles. The van der Waals surface area contributed by atoms with Gasteiger partial charge in [-0.15, -0.1) is 0 Å². The van der Waals surface area contributed by atoms with Crippen molar-refractivity contribution in [2.75, 3.05) is 7.11 Å². The number of hydrogen-bond acceptors (Lipinski definition) is 2. The number of allylic oxidation sites excluding steroid dienone is 1. The summed E-state index contributed by atoms with van der Waals surface area (Å²) < 4.78 is 4.25. The van der Waals surface area contributed by atoms with Crippen molar-refractivity contribution in [3.63, 3.8) is 0 Å². The predicted octanol–water partition coefficient (Wildman–Crippen LogP) is 0.876. The Morgan fingerprint density at radius 2 is 2.38 bits per heavy atom. The van der Waals surface area contributed by atoms with E-state index in [1.807, 2.05) is 0 Å². The van der Waals surface area contributed by atoms with Crippen molar-refractivity contribution in [1.29, 1.82) is 0 Å². The van der Waals surface area contributed by atoms with Crippen molar-refractivity contribution in [3.05, 3.63) is 12.3 Å². The van der Waals surface area contributed by atoms with E-state index in [4.69, 9.17) is 0 Å². The summed E-state index contributed by atoms with van der Waals surface area (Å²) >= 11 is 0. The summed E-state index contributed by atoms with van der Waals surface area (Å²) in [5.74, 6) is 0. The topological polar surface area (TPSA) is 38.3 Å². The quantitative estimate of drug-likeness (QED) is 0.550. The third kappa shape index (κ3) is 3.21. The van der Waals surface area contributed by atoms with Crippen LogP contribution >= 0.6 is 0 Å². The molecule has 0 aromatic rings. The Bertz CT molecular complexity index is 98.6. The van der Waals surface area contributed by atoms with Gasteiger partial charge in [-0.05, 0) is 6.92 Å². The Balaban J connectivity index is 3.25. The molecule has 0 aromatic heterocycles. The highest BCUT2D eigenvalue weighted by molar-refractivity contribution is 5.67. The summed E-state index contributed by atoms with van der Waals surface area (Å²) in [6.07, 6.45) is 2.77. The van der Waals surface area contributed by atoms with Crippen LogP contribution in [0.25, 0.3) is 0 Å². The highest BCUT2D eigenvalue weighted by Crippen LogP contribution is 1.69. The molecule has 1 N–H and O–H groups in total. The zero-order valence-electron chi connectivity index (χ0n) is 4.97. The van der Waals surface area contributed by atoms with E-state index < -0.39 is 6.09 Å². The zero-order chi connectivity index (χ0) is 6.41. The van der Waals surface area contributed by atoms with E-state index in [0.29, 0.717) is 0 Å². The van der Waals surface area contributed by atoms with E-state index in [-0.39, 0.29) is 0 Å². The number of nitrogens with one attached hydrogen (secondary N) is 1. The molecule has 0 saturated carbocycles. The maximum atomic E-state index is 10.2. The van der Waals surface area contributed by atoms with Gasteiger partial charge in [0.2, 0.25) is 0 Å². The van der Waals surface area contributed by atoms with E-state index in [1.165, 1.54) is 13.3 Å². The summed E-state index contributed by atoms with van der Waals surface area (Å²) in [6, 6.07) is 0. The van der Waals surface area contributed by atoms with Crippen LogP contribution in [0.15, 0.2) is 12.3 Å². The normalized spacial score (nSPS) is 9.25. The second-order valence-corrected chi connectivity index (χ2v) is 1.14. The van der Waals surface area contributed by atoms with E-state index >= 15 is 0 Å². The molecule has 46 valence electrons. The van der Waals surface area contributed by atoms with Gasteiger partial charge in [0.1, 0.15) is 0 Å². The molecule has 0 aliphatic rings. The molecule has 8 heavy (non-hydrogen) atoms. The summed E-state index contributed by atoms with van der Waals surface area (Å²) in [6.45, 7) is 1.80. The lowest BCUT2D eigenvalue weighted by Crippen LogP contribution is -2.15. The number of rotatable bonds is 1. The van der Waals surface area contributed by atoms with Crippen molar-refractivity contribution < 1.29 is 9.53 Å². The maximum Gasteiger partial charge on any atom is 0.410 e. The lowest BCUT2D eigenvalue weighted by atomic mass is 10.7. The molecular formula is C5H9NO2. The summed E-state index contributed by atoms with van der Waals surface area (Å²) in [4.78, 5) is 10.2. The van der Waals surface area contributed by atoms with Gasteiger partial charge in [0, 0.05) is 6.20 Å². The van der Waals surface area contributed by atoms with E-state index in [9.17, 15) is 4.79 Å². The molecule has 3 heteroatoms. The number of carbonyl (C=O) groups excluding carboxylic acids is 1. The Morgan fingerprint density at radius 3 is 2.75 bits per heavy atom. The molecule has 0 aliphatic heterocycles. The summed E-state index contributed by atoms with van der Waals surface area (Å²) in [5.41, 5.74) is 0. The molecule has 0 spiro atoms. The van der Waals surface area contributed by atoms with Crippen molar-refractivity contribution >= 4 is 6.09 Å². The predicted molar refractivity (Wildman–Crippen MR) is 30.4 cm³/mol. The summed E-state index contributed by atoms with van der Waals surface area (Å²) in [7, 11) is 1.32. The summed E-state index contributed by atoms with van der Waals surface area (Å²) in [5, 5.41) is 2.34. The van der Waals surface area contributed by atoms with Crippen molar-refractivity contribution in [1.82, 2.24) is 5.32 Å². The first-order valence-electron chi connectivity index (χ1n) is 2.27. The molecule has 1 amide bonds. The van der Waals surface area contributed by atoms with Gasteiger partial charge in [-0.25, -0.2) is 4.79 Å². The fourth-order valence-electron chi connectivity index (χ4n) is 0.210. The molecule has 0 aromatic carbocycles. The van der Waals surface area contributed by atoms with Crippen LogP contribution in [0, 0.1) is 0 Å². The third-order valence-electron chi connectivity index (χ3n) is 0.553. The maximum absolute atomic E-state index is 10.2. The van der Waals surface area contributed by atoms with Crippen LogP contribution in [0.4, 0.5) is 4.79 Å². The highest BCUT2D eigenvalue weighted by atomic mass is 16.5. The SMILES string of the molecule is CC=CNC(=O)OC. The number of ether oxygens (including phenoxy) is 1. The van der Waals surface area contributed by atoms with Crippen LogP contribution in [0.1, 0.15) is 6.92 Å². The van der Waals surface area contributed by atoms with E-state index in [2.05, 4.69) is 10.1 Å². The minimum absolute atomic E-state index is 0.442. The molecule has 0 unspecified atom stereocenters. The first kappa shape index (κ1) is 7.01. The third-order valence-corrected chi connectivity index (χ3v) is 0.553. The van der Waals surface area contributed by atoms with Gasteiger partial charge in [0.15, 0.2) is 0 Å².